The van der Waals surface area contributed by atoms with Gasteiger partial charge in [0.1, 0.15) is 0 Å². The second kappa shape index (κ2) is 5.22. The molecule has 2 nitrogen and oxygen atoms in total. The third kappa shape index (κ3) is 2.99. The molecule has 0 amide bonds. The Morgan fingerprint density at radius 3 is 2.62 bits per heavy atom. The van der Waals surface area contributed by atoms with Crippen molar-refractivity contribution in [1.29, 1.82) is 0 Å². The average Bonchev–Trinajstić information content (AvgIpc) is 2.17. The van der Waals surface area contributed by atoms with E-state index in [1.165, 1.54) is 0 Å². The number of hydrogen-bond donors (Lipinski definition) is 2. The van der Waals surface area contributed by atoms with Crippen molar-refractivity contribution in [3.8, 4) is 0 Å². The first kappa shape index (κ1) is 10.5. The molecule has 0 aromatic heterocycles. The second-order valence-electron chi connectivity index (χ2n) is 3.08. The Morgan fingerprint density at radius 1 is 1.38 bits per heavy atom. The average molecular weight is 200 g/mol. The highest BCUT2D eigenvalue weighted by Gasteiger charge is 2.07. The van der Waals surface area contributed by atoms with Gasteiger partial charge in [0.25, 0.3) is 0 Å². The van der Waals surface area contributed by atoms with Gasteiger partial charge in [-0.2, -0.15) is 0 Å². The molecule has 0 radical (unpaired) electrons. The van der Waals surface area contributed by atoms with Gasteiger partial charge >= 0.3 is 0 Å². The van der Waals surface area contributed by atoms with Gasteiger partial charge in [-0.05, 0) is 30.5 Å². The molecule has 0 bridgehead atoms. The molecule has 13 heavy (non-hydrogen) atoms. The summed E-state index contributed by atoms with van der Waals surface area (Å²) in [5.41, 5.74) is 6.53. The summed E-state index contributed by atoms with van der Waals surface area (Å²) in [4.78, 5) is 0. The van der Waals surface area contributed by atoms with Crippen LogP contribution in [-0.4, -0.2) is 18.3 Å². The van der Waals surface area contributed by atoms with Crippen LogP contribution >= 0.6 is 11.6 Å². The van der Waals surface area contributed by atoms with Crippen LogP contribution < -0.4 is 5.73 Å². The summed E-state index contributed by atoms with van der Waals surface area (Å²) < 4.78 is 0. The van der Waals surface area contributed by atoms with E-state index in [0.717, 1.165) is 17.0 Å². The Balaban J connectivity index is 2.67. The number of nitrogens with two attached hydrogens (primary N) is 1. The van der Waals surface area contributed by atoms with Crippen LogP contribution in [0.15, 0.2) is 24.3 Å². The zero-order valence-corrected chi connectivity index (χ0v) is 8.17. The Labute approximate surface area is 83.3 Å². The standard InChI is InChI=1S/C10H14ClNO/c11-10-4-2-1-3-9(10)5-8(6-12)7-13/h1-4,8,13H,5-7,12H2/t8-/m1/s1. The van der Waals surface area contributed by atoms with Crippen molar-refractivity contribution in [3.63, 3.8) is 0 Å². The van der Waals surface area contributed by atoms with Crippen molar-refractivity contribution in [2.45, 2.75) is 6.42 Å². The van der Waals surface area contributed by atoms with Crippen molar-refractivity contribution in [2.24, 2.45) is 11.7 Å². The molecule has 72 valence electrons. The minimum Gasteiger partial charge on any atom is -0.396 e. The van der Waals surface area contributed by atoms with Crippen molar-refractivity contribution in [2.75, 3.05) is 13.2 Å². The van der Waals surface area contributed by atoms with E-state index in [2.05, 4.69) is 0 Å². The predicted octanol–water partition coefficient (Wildman–Crippen LogP) is 1.45. The molecular formula is C10H14ClNO. The molecule has 1 rings (SSSR count). The minimum atomic E-state index is 0.111. The number of halogens is 1. The van der Waals surface area contributed by atoms with Gasteiger partial charge in [0.15, 0.2) is 0 Å². The first-order valence-electron chi connectivity index (χ1n) is 4.32. The van der Waals surface area contributed by atoms with Crippen molar-refractivity contribution < 1.29 is 5.11 Å². The Kier molecular flexibility index (Phi) is 4.22. The molecule has 1 aromatic carbocycles. The topological polar surface area (TPSA) is 46.2 Å². The summed E-state index contributed by atoms with van der Waals surface area (Å²) in [6, 6.07) is 7.64. The maximum absolute atomic E-state index is 8.96. The molecule has 0 unspecified atom stereocenters. The summed E-state index contributed by atoms with van der Waals surface area (Å²) in [7, 11) is 0. The van der Waals surface area contributed by atoms with Gasteiger partial charge in [0.2, 0.25) is 0 Å². The molecule has 0 aliphatic carbocycles. The van der Waals surface area contributed by atoms with Gasteiger partial charge in [-0.25, -0.2) is 0 Å². The number of aliphatic hydroxyl groups excluding tert-OH is 1. The normalized spacial score (nSPS) is 12.8. The van der Waals surface area contributed by atoms with Crippen LogP contribution in [0.2, 0.25) is 5.02 Å². The van der Waals surface area contributed by atoms with Gasteiger partial charge in [-0.3, -0.25) is 0 Å². The SMILES string of the molecule is NC[C@H](CO)Cc1ccccc1Cl. The van der Waals surface area contributed by atoms with Crippen molar-refractivity contribution >= 4 is 11.6 Å². The maximum Gasteiger partial charge on any atom is 0.0474 e. The lowest BCUT2D eigenvalue weighted by Gasteiger charge is -2.11. The van der Waals surface area contributed by atoms with Gasteiger partial charge < -0.3 is 10.8 Å². The molecule has 3 N–H and O–H groups in total. The van der Waals surface area contributed by atoms with Crippen LogP contribution in [-0.2, 0) is 6.42 Å². The van der Waals surface area contributed by atoms with Crippen molar-refractivity contribution in [1.82, 2.24) is 0 Å². The highest BCUT2D eigenvalue weighted by molar-refractivity contribution is 6.31. The molecule has 0 spiro atoms. The Morgan fingerprint density at radius 2 is 2.08 bits per heavy atom. The third-order valence-corrected chi connectivity index (χ3v) is 2.43. The minimum absolute atomic E-state index is 0.111. The maximum atomic E-state index is 8.96. The van der Waals surface area contributed by atoms with Crippen LogP contribution in [0.4, 0.5) is 0 Å². The fraction of sp³-hybridized carbons (Fsp3) is 0.400. The molecule has 1 atom stereocenters. The van der Waals surface area contributed by atoms with Gasteiger partial charge in [-0.1, -0.05) is 29.8 Å². The molecular weight excluding hydrogens is 186 g/mol. The van der Waals surface area contributed by atoms with Crippen LogP contribution in [0.5, 0.6) is 0 Å². The van der Waals surface area contributed by atoms with Gasteiger partial charge in [-0.15, -0.1) is 0 Å². The lowest BCUT2D eigenvalue weighted by atomic mass is 10.0. The van der Waals surface area contributed by atoms with Gasteiger partial charge in [0, 0.05) is 11.6 Å². The number of benzene rings is 1. The molecule has 0 heterocycles. The van der Waals surface area contributed by atoms with Crippen LogP contribution in [0.25, 0.3) is 0 Å². The van der Waals surface area contributed by atoms with Crippen molar-refractivity contribution in [3.05, 3.63) is 34.9 Å². The highest BCUT2D eigenvalue weighted by Crippen LogP contribution is 2.18. The van der Waals surface area contributed by atoms with Crippen LogP contribution in [0.1, 0.15) is 5.56 Å². The summed E-state index contributed by atoms with van der Waals surface area (Å²) in [6.07, 6.45) is 0.743. The zero-order chi connectivity index (χ0) is 9.68. The fourth-order valence-corrected chi connectivity index (χ4v) is 1.41. The molecule has 0 aliphatic heterocycles. The highest BCUT2D eigenvalue weighted by atomic mass is 35.5. The monoisotopic (exact) mass is 199 g/mol. The molecule has 3 heteroatoms. The van der Waals surface area contributed by atoms with E-state index in [9.17, 15) is 0 Å². The summed E-state index contributed by atoms with van der Waals surface area (Å²) in [5.74, 6) is 0.111. The zero-order valence-electron chi connectivity index (χ0n) is 7.41. The first-order chi connectivity index (χ1) is 6.27. The van der Waals surface area contributed by atoms with E-state index in [-0.39, 0.29) is 12.5 Å². The molecule has 0 saturated heterocycles. The largest absolute Gasteiger partial charge is 0.396 e. The van der Waals surface area contributed by atoms with E-state index in [4.69, 9.17) is 22.4 Å². The first-order valence-corrected chi connectivity index (χ1v) is 4.70. The van der Waals surface area contributed by atoms with Gasteiger partial charge in [0.05, 0.1) is 0 Å². The second-order valence-corrected chi connectivity index (χ2v) is 3.49. The number of rotatable bonds is 4. The molecule has 0 aliphatic rings. The lowest BCUT2D eigenvalue weighted by molar-refractivity contribution is 0.230. The molecule has 1 aromatic rings. The smallest absolute Gasteiger partial charge is 0.0474 e. The predicted molar refractivity (Wildman–Crippen MR) is 54.8 cm³/mol. The van der Waals surface area contributed by atoms with Crippen LogP contribution in [0.3, 0.4) is 0 Å². The molecule has 0 fully saturated rings. The summed E-state index contributed by atoms with van der Waals surface area (Å²) in [6.45, 7) is 0.601. The number of hydrogen-bond acceptors (Lipinski definition) is 2. The molecule has 0 saturated carbocycles. The Bertz CT molecular complexity index is 261. The quantitative estimate of drug-likeness (QED) is 0.771. The lowest BCUT2D eigenvalue weighted by Crippen LogP contribution is -2.20. The summed E-state index contributed by atoms with van der Waals surface area (Å²) in [5, 5.41) is 9.70. The summed E-state index contributed by atoms with van der Waals surface area (Å²) >= 11 is 5.96. The van der Waals surface area contributed by atoms with E-state index >= 15 is 0 Å². The Hall–Kier alpha value is -0.570. The van der Waals surface area contributed by atoms with E-state index in [1.807, 2.05) is 24.3 Å². The van der Waals surface area contributed by atoms with E-state index in [1.54, 1.807) is 0 Å². The van der Waals surface area contributed by atoms with E-state index in [0.29, 0.717) is 6.54 Å². The third-order valence-electron chi connectivity index (χ3n) is 2.06. The van der Waals surface area contributed by atoms with Crippen LogP contribution in [0, 0.1) is 5.92 Å². The number of aliphatic hydroxyl groups is 1. The van der Waals surface area contributed by atoms with E-state index < -0.39 is 0 Å². The fourth-order valence-electron chi connectivity index (χ4n) is 1.20.